The number of nitrogens with zero attached hydrogens (tertiary/aromatic N) is 3. The molecule has 3 rings (SSSR count). The van der Waals surface area contributed by atoms with Crippen molar-refractivity contribution in [3.8, 4) is 0 Å². The predicted molar refractivity (Wildman–Crippen MR) is 123 cm³/mol. The first-order valence-corrected chi connectivity index (χ1v) is 11.2. The molecule has 0 aliphatic carbocycles. The molecule has 1 heterocycles. The Morgan fingerprint density at radius 3 is 2.58 bits per heavy atom. The second kappa shape index (κ2) is 10.3. The largest absolute Gasteiger partial charge is 0.342 e. The van der Waals surface area contributed by atoms with Gasteiger partial charge in [0.25, 0.3) is 5.91 Å². The van der Waals surface area contributed by atoms with Crippen LogP contribution in [0.1, 0.15) is 47.2 Å². The van der Waals surface area contributed by atoms with E-state index in [2.05, 4.69) is 20.8 Å². The number of benzene rings is 2. The van der Waals surface area contributed by atoms with E-state index in [9.17, 15) is 9.59 Å². The third-order valence-corrected chi connectivity index (χ3v) is 5.80. The van der Waals surface area contributed by atoms with Crippen LogP contribution in [0.4, 0.5) is 5.69 Å². The Balaban J connectivity index is 1.63. The van der Waals surface area contributed by atoms with Gasteiger partial charge in [-0.25, -0.2) is 0 Å². The van der Waals surface area contributed by atoms with E-state index in [1.165, 1.54) is 11.8 Å². The fourth-order valence-electron chi connectivity index (χ4n) is 3.18. The van der Waals surface area contributed by atoms with Crippen molar-refractivity contribution in [1.82, 2.24) is 20.1 Å². The van der Waals surface area contributed by atoms with Gasteiger partial charge in [0.2, 0.25) is 5.91 Å². The van der Waals surface area contributed by atoms with Crippen LogP contribution in [0, 0.1) is 13.8 Å². The maximum Gasteiger partial charge on any atom is 0.251 e. The number of hydrogen-bond donors (Lipinski definition) is 2. The van der Waals surface area contributed by atoms with Crippen molar-refractivity contribution in [2.45, 2.75) is 45.4 Å². The van der Waals surface area contributed by atoms with Gasteiger partial charge in [0.1, 0.15) is 0 Å². The molecule has 2 amide bonds. The van der Waals surface area contributed by atoms with Crippen LogP contribution in [0.15, 0.2) is 53.7 Å². The lowest BCUT2D eigenvalue weighted by molar-refractivity contribution is -0.113. The van der Waals surface area contributed by atoms with Crippen molar-refractivity contribution in [3.05, 3.63) is 71.0 Å². The Labute approximate surface area is 186 Å². The number of para-hydroxylation sites is 1. The topological polar surface area (TPSA) is 88.9 Å². The summed E-state index contributed by atoms with van der Waals surface area (Å²) in [6, 6.07) is 14.8. The molecule has 2 N–H and O–H groups in total. The molecule has 0 spiro atoms. The van der Waals surface area contributed by atoms with E-state index >= 15 is 0 Å². The first-order valence-electron chi connectivity index (χ1n) is 10.2. The third-order valence-electron chi connectivity index (χ3n) is 4.83. The lowest BCUT2D eigenvalue weighted by atomic mass is 10.1. The van der Waals surface area contributed by atoms with Gasteiger partial charge in [0.05, 0.1) is 11.8 Å². The zero-order chi connectivity index (χ0) is 22.4. The normalized spacial score (nSPS) is 11.7. The van der Waals surface area contributed by atoms with Crippen LogP contribution >= 0.6 is 11.8 Å². The van der Waals surface area contributed by atoms with E-state index in [1.807, 2.05) is 74.7 Å². The van der Waals surface area contributed by atoms with E-state index in [-0.39, 0.29) is 23.6 Å². The van der Waals surface area contributed by atoms with E-state index < -0.39 is 0 Å². The standard InChI is InChI=1S/C23H27N5O2S/c1-5-28-21(17(4)24-22(30)18-11-8-9-15(2)13-18)26-27-23(28)31-14-20(29)25-19-12-7-6-10-16(19)3/h6-13,17H,5,14H2,1-4H3,(H,24,30)(H,25,29)/t17-/m1/s1. The van der Waals surface area contributed by atoms with E-state index in [0.717, 1.165) is 16.8 Å². The first kappa shape index (κ1) is 22.6. The first-order chi connectivity index (χ1) is 14.9. The fraction of sp³-hybridized carbons (Fsp3) is 0.304. The van der Waals surface area contributed by atoms with E-state index in [1.54, 1.807) is 6.07 Å². The lowest BCUT2D eigenvalue weighted by Crippen LogP contribution is -2.28. The van der Waals surface area contributed by atoms with Gasteiger partial charge in [0, 0.05) is 17.8 Å². The summed E-state index contributed by atoms with van der Waals surface area (Å²) in [6.07, 6.45) is 0. The molecule has 8 heteroatoms. The molecular formula is C23H27N5O2S. The average molecular weight is 438 g/mol. The molecule has 0 saturated carbocycles. The molecule has 0 unspecified atom stereocenters. The van der Waals surface area contributed by atoms with Gasteiger partial charge in [-0.2, -0.15) is 0 Å². The second-order valence-corrected chi connectivity index (χ2v) is 8.24. The van der Waals surface area contributed by atoms with Crippen LogP contribution in [-0.4, -0.2) is 32.3 Å². The number of anilines is 1. The number of carbonyl (C=O) groups is 2. The SMILES string of the molecule is CCn1c(SCC(=O)Nc2ccccc2C)nnc1[C@@H](C)NC(=O)c1cccc(C)c1. The van der Waals surface area contributed by atoms with Crippen LogP contribution in [0.2, 0.25) is 0 Å². The Morgan fingerprint density at radius 2 is 1.87 bits per heavy atom. The number of aromatic nitrogens is 3. The number of aryl methyl sites for hydroxylation is 2. The summed E-state index contributed by atoms with van der Waals surface area (Å²) in [5.41, 5.74) is 3.45. The maximum atomic E-state index is 12.6. The highest BCUT2D eigenvalue weighted by Crippen LogP contribution is 2.22. The molecule has 1 aromatic heterocycles. The van der Waals surface area contributed by atoms with Gasteiger partial charge in [0.15, 0.2) is 11.0 Å². The number of amides is 2. The zero-order valence-electron chi connectivity index (χ0n) is 18.2. The average Bonchev–Trinajstić information content (AvgIpc) is 3.17. The molecule has 0 saturated heterocycles. The van der Waals surface area contributed by atoms with Gasteiger partial charge in [-0.3, -0.25) is 9.59 Å². The number of nitrogens with one attached hydrogen (secondary N) is 2. The summed E-state index contributed by atoms with van der Waals surface area (Å²) in [4.78, 5) is 24.9. The molecule has 1 atom stereocenters. The second-order valence-electron chi connectivity index (χ2n) is 7.30. The molecule has 2 aromatic carbocycles. The van der Waals surface area contributed by atoms with Crippen molar-refractivity contribution in [1.29, 1.82) is 0 Å². The Bertz CT molecular complexity index is 1080. The highest BCUT2D eigenvalue weighted by atomic mass is 32.2. The maximum absolute atomic E-state index is 12.6. The summed E-state index contributed by atoms with van der Waals surface area (Å²) < 4.78 is 1.92. The minimum absolute atomic E-state index is 0.104. The smallest absolute Gasteiger partial charge is 0.251 e. The Morgan fingerprint density at radius 1 is 1.10 bits per heavy atom. The summed E-state index contributed by atoms with van der Waals surface area (Å²) >= 11 is 1.32. The molecule has 0 radical (unpaired) electrons. The highest BCUT2D eigenvalue weighted by molar-refractivity contribution is 7.99. The van der Waals surface area contributed by atoms with Crippen molar-refractivity contribution in [2.24, 2.45) is 0 Å². The number of rotatable bonds is 8. The van der Waals surface area contributed by atoms with E-state index in [0.29, 0.717) is 23.1 Å². The molecule has 0 aliphatic heterocycles. The Kier molecular flexibility index (Phi) is 7.46. The van der Waals surface area contributed by atoms with Gasteiger partial charge in [-0.15, -0.1) is 10.2 Å². The Hall–Kier alpha value is -3.13. The molecule has 7 nitrogen and oxygen atoms in total. The van der Waals surface area contributed by atoms with E-state index in [4.69, 9.17) is 0 Å². The molecule has 31 heavy (non-hydrogen) atoms. The quantitative estimate of drug-likeness (QED) is 0.517. The summed E-state index contributed by atoms with van der Waals surface area (Å²) in [7, 11) is 0. The van der Waals surface area contributed by atoms with Gasteiger partial charge >= 0.3 is 0 Å². The molecule has 0 aliphatic rings. The molecule has 3 aromatic rings. The summed E-state index contributed by atoms with van der Waals surface area (Å²) in [5, 5.41) is 15.1. The minimum Gasteiger partial charge on any atom is -0.342 e. The van der Waals surface area contributed by atoms with Crippen molar-refractivity contribution >= 4 is 29.3 Å². The van der Waals surface area contributed by atoms with Gasteiger partial charge in [-0.05, 0) is 51.5 Å². The van der Waals surface area contributed by atoms with Crippen molar-refractivity contribution < 1.29 is 9.59 Å². The number of thioether (sulfide) groups is 1. The molecule has 162 valence electrons. The van der Waals surface area contributed by atoms with Crippen LogP contribution in [0.3, 0.4) is 0 Å². The predicted octanol–water partition coefficient (Wildman–Crippen LogP) is 4.14. The number of carbonyl (C=O) groups excluding carboxylic acids is 2. The van der Waals surface area contributed by atoms with Gasteiger partial charge < -0.3 is 15.2 Å². The monoisotopic (exact) mass is 437 g/mol. The zero-order valence-corrected chi connectivity index (χ0v) is 19.0. The van der Waals surface area contributed by atoms with Gasteiger partial charge in [-0.1, -0.05) is 47.7 Å². The molecule has 0 fully saturated rings. The summed E-state index contributed by atoms with van der Waals surface area (Å²) in [5.74, 6) is 0.613. The van der Waals surface area contributed by atoms with Crippen molar-refractivity contribution in [2.75, 3.05) is 11.1 Å². The van der Waals surface area contributed by atoms with Crippen LogP contribution in [-0.2, 0) is 11.3 Å². The molecule has 0 bridgehead atoms. The number of hydrogen-bond acceptors (Lipinski definition) is 5. The highest BCUT2D eigenvalue weighted by Gasteiger charge is 2.20. The summed E-state index contributed by atoms with van der Waals surface area (Å²) in [6.45, 7) is 8.40. The molecular weight excluding hydrogens is 410 g/mol. The van der Waals surface area contributed by atoms with Crippen LogP contribution in [0.25, 0.3) is 0 Å². The minimum atomic E-state index is -0.324. The van der Waals surface area contributed by atoms with Crippen LogP contribution in [0.5, 0.6) is 0 Å². The fourth-order valence-corrected chi connectivity index (χ4v) is 3.99. The van der Waals surface area contributed by atoms with Crippen molar-refractivity contribution in [3.63, 3.8) is 0 Å². The van der Waals surface area contributed by atoms with Crippen LogP contribution < -0.4 is 10.6 Å². The lowest BCUT2D eigenvalue weighted by Gasteiger charge is -2.15. The third kappa shape index (κ3) is 5.73.